The van der Waals surface area contributed by atoms with Gasteiger partial charge in [0.05, 0.1) is 24.8 Å². The molecule has 1 heterocycles. The first-order valence-corrected chi connectivity index (χ1v) is 9.75. The summed E-state index contributed by atoms with van der Waals surface area (Å²) in [6.07, 6.45) is 0.275. The fourth-order valence-electron chi connectivity index (χ4n) is 3.20. The molecule has 6 heteroatoms. The highest BCUT2D eigenvalue weighted by molar-refractivity contribution is 6.09. The largest absolute Gasteiger partial charge is 0.503 e. The topological polar surface area (TPSA) is 76.1 Å². The summed E-state index contributed by atoms with van der Waals surface area (Å²) in [5.74, 6) is 0.0840. The summed E-state index contributed by atoms with van der Waals surface area (Å²) in [7, 11) is 1.55. The number of amides is 1. The molecule has 1 atom stereocenters. The molecule has 1 aromatic carbocycles. The van der Waals surface area contributed by atoms with E-state index in [9.17, 15) is 14.7 Å². The van der Waals surface area contributed by atoms with E-state index in [1.807, 2.05) is 38.1 Å². The molecule has 0 saturated carbocycles. The number of ketones is 1. The van der Waals surface area contributed by atoms with Gasteiger partial charge in [0, 0.05) is 20.1 Å². The molecule has 28 heavy (non-hydrogen) atoms. The summed E-state index contributed by atoms with van der Waals surface area (Å²) >= 11 is 0. The number of rotatable bonds is 10. The maximum absolute atomic E-state index is 12.8. The lowest BCUT2D eigenvalue weighted by Gasteiger charge is -2.27. The Bertz CT molecular complexity index is 721. The predicted octanol–water partition coefficient (Wildman–Crippen LogP) is 3.68. The zero-order valence-electron chi connectivity index (χ0n) is 17.4. The molecule has 1 N–H and O–H groups in total. The third-order valence-corrected chi connectivity index (χ3v) is 4.51. The van der Waals surface area contributed by atoms with Gasteiger partial charge < -0.3 is 19.5 Å². The van der Waals surface area contributed by atoms with E-state index in [0.717, 1.165) is 11.3 Å². The van der Waals surface area contributed by atoms with Crippen LogP contribution in [0.25, 0.3) is 0 Å². The van der Waals surface area contributed by atoms with E-state index >= 15 is 0 Å². The molecule has 6 nitrogen and oxygen atoms in total. The number of ether oxygens (including phenoxy) is 2. The minimum atomic E-state index is -0.618. The highest BCUT2D eigenvalue weighted by atomic mass is 16.5. The van der Waals surface area contributed by atoms with Crippen molar-refractivity contribution in [3.8, 4) is 5.75 Å². The zero-order chi connectivity index (χ0) is 20.8. The van der Waals surface area contributed by atoms with Gasteiger partial charge in [-0.25, -0.2) is 0 Å². The van der Waals surface area contributed by atoms with Crippen molar-refractivity contribution in [2.75, 3.05) is 26.9 Å². The third kappa shape index (κ3) is 5.13. The number of carbonyl (C=O) groups is 2. The van der Waals surface area contributed by atoms with Gasteiger partial charge in [0.1, 0.15) is 5.75 Å². The Hall–Kier alpha value is -2.34. The second-order valence-electron chi connectivity index (χ2n) is 7.95. The van der Waals surface area contributed by atoms with Crippen molar-refractivity contribution in [3.05, 3.63) is 41.2 Å². The van der Waals surface area contributed by atoms with Gasteiger partial charge in [0.2, 0.25) is 0 Å². The first-order valence-electron chi connectivity index (χ1n) is 9.75. The minimum Gasteiger partial charge on any atom is -0.503 e. The number of aliphatic hydroxyl groups excluding tert-OH is 1. The van der Waals surface area contributed by atoms with Crippen molar-refractivity contribution < 1.29 is 24.2 Å². The molecular weight excluding hydrogens is 358 g/mol. The molecule has 0 aromatic heterocycles. The average Bonchev–Trinajstić information content (AvgIpc) is 2.89. The number of hydrogen-bond donors (Lipinski definition) is 1. The van der Waals surface area contributed by atoms with E-state index < -0.39 is 17.7 Å². The molecule has 0 radical (unpaired) electrons. The number of nitrogens with zero attached hydrogens (tertiary/aromatic N) is 1. The third-order valence-electron chi connectivity index (χ3n) is 4.51. The molecule has 1 unspecified atom stereocenters. The molecule has 1 aliphatic heterocycles. The van der Waals surface area contributed by atoms with E-state index in [4.69, 9.17) is 9.47 Å². The van der Waals surface area contributed by atoms with Gasteiger partial charge in [-0.15, -0.1) is 0 Å². The molecule has 154 valence electrons. The molecule has 0 fully saturated rings. The number of hydrogen-bond acceptors (Lipinski definition) is 5. The van der Waals surface area contributed by atoms with E-state index in [1.165, 1.54) is 4.90 Å². The van der Waals surface area contributed by atoms with Crippen LogP contribution in [0, 0.1) is 11.8 Å². The number of methoxy groups -OCH3 is 1. The number of Topliss-reactive ketones (excluding diaryl/α,β-unsaturated/α-hetero) is 1. The van der Waals surface area contributed by atoms with Crippen LogP contribution in [0.2, 0.25) is 0 Å². The fraction of sp³-hybridized carbons (Fsp3) is 0.545. The second kappa shape index (κ2) is 9.73. The highest BCUT2D eigenvalue weighted by Crippen LogP contribution is 2.39. The van der Waals surface area contributed by atoms with E-state index in [2.05, 4.69) is 13.8 Å². The van der Waals surface area contributed by atoms with Crippen LogP contribution < -0.4 is 4.74 Å². The maximum atomic E-state index is 12.8. The van der Waals surface area contributed by atoms with E-state index in [-0.39, 0.29) is 30.2 Å². The summed E-state index contributed by atoms with van der Waals surface area (Å²) in [5.41, 5.74) is 0.933. The van der Waals surface area contributed by atoms with Gasteiger partial charge in [-0.3, -0.25) is 9.59 Å². The van der Waals surface area contributed by atoms with Crippen molar-refractivity contribution in [3.63, 3.8) is 0 Å². The van der Waals surface area contributed by atoms with Crippen LogP contribution in [0.3, 0.4) is 0 Å². The first kappa shape index (κ1) is 22.0. The fourth-order valence-corrected chi connectivity index (χ4v) is 3.20. The van der Waals surface area contributed by atoms with Gasteiger partial charge in [-0.05, 0) is 29.5 Å². The van der Waals surface area contributed by atoms with Gasteiger partial charge >= 0.3 is 0 Å². The molecule has 1 aliphatic rings. The monoisotopic (exact) mass is 389 g/mol. The predicted molar refractivity (Wildman–Crippen MR) is 107 cm³/mol. The Morgan fingerprint density at radius 2 is 1.79 bits per heavy atom. The molecular formula is C22H31NO5. The smallest absolute Gasteiger partial charge is 0.290 e. The van der Waals surface area contributed by atoms with Crippen LogP contribution in [0.4, 0.5) is 0 Å². The van der Waals surface area contributed by atoms with Crippen LogP contribution >= 0.6 is 0 Å². The summed E-state index contributed by atoms with van der Waals surface area (Å²) < 4.78 is 10.8. The SMILES string of the molecule is COCCN1C(=O)C(O)=C(C(=O)CC(C)C)C1c1ccc(OCC(C)C)cc1. The van der Waals surface area contributed by atoms with Gasteiger partial charge in [-0.2, -0.15) is 0 Å². The maximum Gasteiger partial charge on any atom is 0.290 e. The molecule has 0 saturated heterocycles. The Balaban J connectivity index is 2.35. The van der Waals surface area contributed by atoms with Crippen molar-refractivity contribution in [1.82, 2.24) is 4.90 Å². The Morgan fingerprint density at radius 1 is 1.14 bits per heavy atom. The lowest BCUT2D eigenvalue weighted by Crippen LogP contribution is -2.34. The zero-order valence-corrected chi connectivity index (χ0v) is 17.4. The van der Waals surface area contributed by atoms with Gasteiger partial charge in [0.25, 0.3) is 5.91 Å². The quantitative estimate of drug-likeness (QED) is 0.661. The lowest BCUT2D eigenvalue weighted by molar-refractivity contribution is -0.130. The summed E-state index contributed by atoms with van der Waals surface area (Å²) in [6, 6.07) is 6.73. The standard InChI is InChI=1S/C22H31NO5/c1-14(2)12-18(24)19-20(23(10-11-27-5)22(26)21(19)25)16-6-8-17(9-7-16)28-13-15(3)4/h6-9,14-15,20,25H,10-13H2,1-5H3. The van der Waals surface area contributed by atoms with Crippen LogP contribution in [0.15, 0.2) is 35.6 Å². The van der Waals surface area contributed by atoms with Crippen LogP contribution in [-0.2, 0) is 14.3 Å². The van der Waals surface area contributed by atoms with Crippen molar-refractivity contribution in [2.24, 2.45) is 11.8 Å². The molecule has 0 spiro atoms. The number of benzene rings is 1. The molecule has 0 bridgehead atoms. The van der Waals surface area contributed by atoms with Crippen molar-refractivity contribution in [2.45, 2.75) is 40.2 Å². The normalized spacial score (nSPS) is 17.2. The number of aliphatic hydroxyl groups is 1. The lowest BCUT2D eigenvalue weighted by atomic mass is 9.92. The van der Waals surface area contributed by atoms with Gasteiger partial charge in [-0.1, -0.05) is 39.8 Å². The first-order chi connectivity index (χ1) is 13.3. The van der Waals surface area contributed by atoms with Crippen LogP contribution in [-0.4, -0.2) is 48.6 Å². The van der Waals surface area contributed by atoms with Crippen LogP contribution in [0.5, 0.6) is 5.75 Å². The molecule has 1 aromatic rings. The van der Waals surface area contributed by atoms with E-state index in [1.54, 1.807) is 7.11 Å². The Morgan fingerprint density at radius 3 is 2.32 bits per heavy atom. The highest BCUT2D eigenvalue weighted by Gasteiger charge is 2.43. The van der Waals surface area contributed by atoms with Gasteiger partial charge in [0.15, 0.2) is 11.5 Å². The number of carbonyl (C=O) groups excluding carboxylic acids is 2. The van der Waals surface area contributed by atoms with Crippen molar-refractivity contribution >= 4 is 11.7 Å². The average molecular weight is 389 g/mol. The van der Waals surface area contributed by atoms with Crippen LogP contribution in [0.1, 0.15) is 45.7 Å². The summed E-state index contributed by atoms with van der Waals surface area (Å²) in [6.45, 7) is 9.24. The Labute approximate surface area is 167 Å². The molecule has 1 amide bonds. The second-order valence-corrected chi connectivity index (χ2v) is 7.95. The molecule has 2 rings (SSSR count). The van der Waals surface area contributed by atoms with E-state index in [0.29, 0.717) is 19.1 Å². The summed E-state index contributed by atoms with van der Waals surface area (Å²) in [4.78, 5) is 26.9. The Kier molecular flexibility index (Phi) is 7.63. The minimum absolute atomic E-state index is 0.128. The molecule has 0 aliphatic carbocycles. The van der Waals surface area contributed by atoms with Crippen molar-refractivity contribution in [1.29, 1.82) is 0 Å². The summed E-state index contributed by atoms with van der Waals surface area (Å²) in [5, 5.41) is 10.4.